The molecule has 35 heavy (non-hydrogen) atoms. The van der Waals surface area contributed by atoms with Gasteiger partial charge in [0.15, 0.2) is 5.11 Å². The van der Waals surface area contributed by atoms with Gasteiger partial charge in [0, 0.05) is 42.8 Å². The van der Waals surface area contributed by atoms with E-state index < -0.39 is 10.0 Å². The summed E-state index contributed by atoms with van der Waals surface area (Å²) in [5.41, 5.74) is 5.25. The maximum absolute atomic E-state index is 13.3. The van der Waals surface area contributed by atoms with Crippen LogP contribution in [0.15, 0.2) is 58.7 Å². The molecule has 1 aromatic heterocycles. The van der Waals surface area contributed by atoms with E-state index in [2.05, 4.69) is 15.8 Å². The Morgan fingerprint density at radius 2 is 1.86 bits per heavy atom. The van der Waals surface area contributed by atoms with Crippen LogP contribution in [0.4, 0.5) is 5.69 Å². The number of rotatable bonds is 11. The number of nitrogens with one attached hydrogen (secondary N) is 2. The third-order valence-corrected chi connectivity index (χ3v) is 7.47. The van der Waals surface area contributed by atoms with Crippen molar-refractivity contribution in [3.05, 3.63) is 54.2 Å². The van der Waals surface area contributed by atoms with Crippen LogP contribution in [-0.4, -0.2) is 48.3 Å². The molecule has 0 unspecified atom stereocenters. The molecule has 188 valence electrons. The second kappa shape index (κ2) is 12.1. The van der Waals surface area contributed by atoms with Gasteiger partial charge < -0.3 is 14.6 Å². The Labute approximate surface area is 213 Å². The minimum atomic E-state index is -3.58. The third-order valence-electron chi connectivity index (χ3n) is 5.38. The van der Waals surface area contributed by atoms with Crippen molar-refractivity contribution in [1.29, 1.82) is 0 Å². The Morgan fingerprint density at radius 3 is 2.54 bits per heavy atom. The van der Waals surface area contributed by atoms with Gasteiger partial charge in [0.1, 0.15) is 5.75 Å². The van der Waals surface area contributed by atoms with E-state index in [1.165, 1.54) is 0 Å². The number of nitrogens with zero attached hydrogens (tertiary/aromatic N) is 3. The Bertz CT molecular complexity index is 1300. The van der Waals surface area contributed by atoms with E-state index >= 15 is 0 Å². The maximum Gasteiger partial charge on any atom is 0.243 e. The SMILES string of the molecule is CCCN(CCC)S(=O)(=O)c1ccc2c(c1)c(/C=N/NC(=S)Nc1ccccc1OCC)cn2C. The summed E-state index contributed by atoms with van der Waals surface area (Å²) < 4.78 is 35.6. The van der Waals surface area contributed by atoms with Crippen molar-refractivity contribution in [1.82, 2.24) is 14.3 Å². The summed E-state index contributed by atoms with van der Waals surface area (Å²) in [6, 6.07) is 12.7. The first-order valence-corrected chi connectivity index (χ1v) is 13.6. The summed E-state index contributed by atoms with van der Waals surface area (Å²) in [7, 11) is -1.67. The number of hydrogen-bond donors (Lipinski definition) is 2. The molecule has 3 rings (SSSR count). The van der Waals surface area contributed by atoms with Gasteiger partial charge in [-0.05, 0) is 62.3 Å². The first-order chi connectivity index (χ1) is 16.8. The Kier molecular flexibility index (Phi) is 9.25. The zero-order valence-corrected chi connectivity index (χ0v) is 22.2. The molecule has 0 saturated heterocycles. The molecule has 0 radical (unpaired) electrons. The van der Waals surface area contributed by atoms with Gasteiger partial charge in [-0.2, -0.15) is 9.41 Å². The van der Waals surface area contributed by atoms with Gasteiger partial charge in [-0.15, -0.1) is 0 Å². The molecule has 0 aliphatic rings. The Morgan fingerprint density at radius 1 is 1.14 bits per heavy atom. The van der Waals surface area contributed by atoms with Gasteiger partial charge in [-0.1, -0.05) is 26.0 Å². The summed E-state index contributed by atoms with van der Waals surface area (Å²) in [6.45, 7) is 7.42. The summed E-state index contributed by atoms with van der Waals surface area (Å²) in [4.78, 5) is 0.283. The number of aryl methyl sites for hydroxylation is 1. The van der Waals surface area contributed by atoms with E-state index in [0.717, 1.165) is 35.0 Å². The first kappa shape index (κ1) is 26.7. The standard InChI is InChI=1S/C25H33N5O3S2/c1-5-14-30(15-6-2)35(31,32)20-12-13-23-21(16-20)19(18-29(23)4)17-26-28-25(34)27-22-10-8-9-11-24(22)33-7-3/h8-13,16-18H,5-7,14-15H2,1-4H3,(H2,27,28,34)/b26-17+. The number of sulfonamides is 1. The molecule has 0 spiro atoms. The molecule has 0 fully saturated rings. The lowest BCUT2D eigenvalue weighted by atomic mass is 10.2. The van der Waals surface area contributed by atoms with Gasteiger partial charge in [0.25, 0.3) is 0 Å². The average Bonchev–Trinajstić information content (AvgIpc) is 3.15. The highest BCUT2D eigenvalue weighted by atomic mass is 32.2. The molecule has 2 N–H and O–H groups in total. The fourth-order valence-electron chi connectivity index (χ4n) is 3.83. The molecule has 0 saturated carbocycles. The highest BCUT2D eigenvalue weighted by Crippen LogP contribution is 2.26. The molecule has 0 aliphatic heterocycles. The Balaban J connectivity index is 1.81. The van der Waals surface area contributed by atoms with Crippen LogP contribution in [0, 0.1) is 0 Å². The van der Waals surface area contributed by atoms with Crippen molar-refractivity contribution in [2.24, 2.45) is 12.1 Å². The van der Waals surface area contributed by atoms with Crippen molar-refractivity contribution in [2.45, 2.75) is 38.5 Å². The quantitative estimate of drug-likeness (QED) is 0.219. The van der Waals surface area contributed by atoms with Gasteiger partial charge in [0.2, 0.25) is 10.0 Å². The zero-order chi connectivity index (χ0) is 25.4. The highest BCUT2D eigenvalue weighted by molar-refractivity contribution is 7.89. The van der Waals surface area contributed by atoms with Gasteiger partial charge >= 0.3 is 0 Å². The monoisotopic (exact) mass is 515 g/mol. The van der Waals surface area contributed by atoms with Crippen molar-refractivity contribution in [3.63, 3.8) is 0 Å². The number of benzene rings is 2. The summed E-state index contributed by atoms with van der Waals surface area (Å²) >= 11 is 5.36. The van der Waals surface area contributed by atoms with Crippen molar-refractivity contribution in [3.8, 4) is 5.75 Å². The van der Waals surface area contributed by atoms with Crippen LogP contribution in [0.5, 0.6) is 5.75 Å². The first-order valence-electron chi connectivity index (χ1n) is 11.7. The minimum absolute atomic E-state index is 0.283. The third kappa shape index (κ3) is 6.39. The van der Waals surface area contributed by atoms with Crippen molar-refractivity contribution < 1.29 is 13.2 Å². The molecule has 0 bridgehead atoms. The Hall–Kier alpha value is -2.95. The number of para-hydroxylation sites is 2. The molecule has 10 heteroatoms. The van der Waals surface area contributed by atoms with Crippen LogP contribution >= 0.6 is 12.2 Å². The molecule has 0 amide bonds. The second-order valence-electron chi connectivity index (χ2n) is 8.03. The lowest BCUT2D eigenvalue weighted by Crippen LogP contribution is -2.32. The zero-order valence-electron chi connectivity index (χ0n) is 20.6. The van der Waals surface area contributed by atoms with E-state index in [0.29, 0.717) is 30.6 Å². The maximum atomic E-state index is 13.3. The van der Waals surface area contributed by atoms with Crippen LogP contribution in [0.25, 0.3) is 10.9 Å². The predicted molar refractivity (Wildman–Crippen MR) is 147 cm³/mol. The predicted octanol–water partition coefficient (Wildman–Crippen LogP) is 4.71. The minimum Gasteiger partial charge on any atom is -0.492 e. The smallest absolute Gasteiger partial charge is 0.243 e. The van der Waals surface area contributed by atoms with Gasteiger partial charge in [-0.25, -0.2) is 8.42 Å². The van der Waals surface area contributed by atoms with E-state index in [9.17, 15) is 8.42 Å². The molecule has 0 atom stereocenters. The number of ether oxygens (including phenoxy) is 1. The number of aromatic nitrogens is 1. The number of fused-ring (bicyclic) bond motifs is 1. The summed E-state index contributed by atoms with van der Waals surface area (Å²) in [5, 5.41) is 8.46. The normalized spacial score (nSPS) is 11.9. The number of anilines is 1. The molecule has 2 aromatic carbocycles. The van der Waals surface area contributed by atoms with Crippen LogP contribution < -0.4 is 15.5 Å². The van der Waals surface area contributed by atoms with Crippen molar-refractivity contribution in [2.75, 3.05) is 25.0 Å². The van der Waals surface area contributed by atoms with Gasteiger partial charge in [-0.3, -0.25) is 5.43 Å². The number of hydrazone groups is 1. The molecule has 3 aromatic rings. The fourth-order valence-corrected chi connectivity index (χ4v) is 5.64. The van der Waals surface area contributed by atoms with Crippen LogP contribution in [0.3, 0.4) is 0 Å². The largest absolute Gasteiger partial charge is 0.492 e. The second-order valence-corrected chi connectivity index (χ2v) is 10.4. The van der Waals surface area contributed by atoms with Gasteiger partial charge in [0.05, 0.1) is 23.4 Å². The van der Waals surface area contributed by atoms with E-state index in [1.54, 1.807) is 22.7 Å². The molecule has 8 nitrogen and oxygen atoms in total. The lowest BCUT2D eigenvalue weighted by Gasteiger charge is -2.21. The average molecular weight is 516 g/mol. The number of thiocarbonyl (C=S) groups is 1. The molecular formula is C25H33N5O3S2. The highest BCUT2D eigenvalue weighted by Gasteiger charge is 2.24. The summed E-state index contributed by atoms with van der Waals surface area (Å²) in [5.74, 6) is 0.700. The van der Waals surface area contributed by atoms with Crippen LogP contribution in [0.1, 0.15) is 39.2 Å². The molecule has 1 heterocycles. The number of hydrogen-bond acceptors (Lipinski definition) is 5. The van der Waals surface area contributed by atoms with E-state index in [1.807, 2.05) is 68.9 Å². The summed E-state index contributed by atoms with van der Waals surface area (Å²) in [6.07, 6.45) is 5.07. The molecular weight excluding hydrogens is 482 g/mol. The van der Waals surface area contributed by atoms with Crippen LogP contribution in [-0.2, 0) is 17.1 Å². The van der Waals surface area contributed by atoms with E-state index in [-0.39, 0.29) is 4.90 Å². The molecule has 0 aliphatic carbocycles. The topological polar surface area (TPSA) is 88.0 Å². The van der Waals surface area contributed by atoms with Crippen LogP contribution in [0.2, 0.25) is 0 Å². The van der Waals surface area contributed by atoms with E-state index in [4.69, 9.17) is 17.0 Å². The van der Waals surface area contributed by atoms with Crippen molar-refractivity contribution >= 4 is 50.2 Å². The lowest BCUT2D eigenvalue weighted by molar-refractivity contribution is 0.342. The fraction of sp³-hybridized carbons (Fsp3) is 0.360.